The van der Waals surface area contributed by atoms with Gasteiger partial charge in [-0.15, -0.1) is 0 Å². The lowest BCUT2D eigenvalue weighted by atomic mass is 10.2. The van der Waals surface area contributed by atoms with Crippen molar-refractivity contribution in [2.24, 2.45) is 0 Å². The summed E-state index contributed by atoms with van der Waals surface area (Å²) < 4.78 is 14.1. The highest BCUT2D eigenvalue weighted by molar-refractivity contribution is 9.10. The molecule has 104 valence electrons. The van der Waals surface area contributed by atoms with Crippen LogP contribution in [0, 0.1) is 15.9 Å². The second kappa shape index (κ2) is 6.19. The number of non-ortho nitro benzene ring substituents is 1. The highest BCUT2D eigenvalue weighted by atomic mass is 79.9. The van der Waals surface area contributed by atoms with E-state index in [1.54, 1.807) is 6.07 Å². The van der Waals surface area contributed by atoms with Crippen LogP contribution in [0.2, 0.25) is 5.02 Å². The van der Waals surface area contributed by atoms with E-state index in [9.17, 15) is 14.5 Å². The van der Waals surface area contributed by atoms with Crippen molar-refractivity contribution in [3.8, 4) is 0 Å². The number of halogens is 3. The monoisotopic (exact) mass is 358 g/mol. The predicted molar refractivity (Wildman–Crippen MR) is 79.5 cm³/mol. The molecule has 0 atom stereocenters. The van der Waals surface area contributed by atoms with Crippen LogP contribution in [0.25, 0.3) is 0 Å². The zero-order valence-electron chi connectivity index (χ0n) is 10.1. The van der Waals surface area contributed by atoms with Crippen molar-refractivity contribution in [3.05, 3.63) is 67.4 Å². The Kier molecular flexibility index (Phi) is 4.57. The molecule has 0 spiro atoms. The number of nitro benzene ring substituents is 1. The van der Waals surface area contributed by atoms with Crippen molar-refractivity contribution >= 4 is 38.9 Å². The Morgan fingerprint density at radius 3 is 2.70 bits per heavy atom. The first-order valence-corrected chi connectivity index (χ1v) is 6.76. The van der Waals surface area contributed by atoms with E-state index in [2.05, 4.69) is 21.2 Å². The van der Waals surface area contributed by atoms with Gasteiger partial charge in [-0.3, -0.25) is 10.1 Å². The summed E-state index contributed by atoms with van der Waals surface area (Å²) in [6.45, 7) is 0.225. The molecule has 0 aliphatic rings. The highest BCUT2D eigenvalue weighted by Gasteiger charge is 2.09. The molecule has 0 aliphatic heterocycles. The lowest BCUT2D eigenvalue weighted by molar-refractivity contribution is -0.384. The molecule has 0 heterocycles. The molecule has 0 aromatic heterocycles. The Labute approximate surface area is 127 Å². The molecule has 0 saturated heterocycles. The maximum atomic E-state index is 13.5. The second-order valence-electron chi connectivity index (χ2n) is 4.01. The average molecular weight is 360 g/mol. The minimum absolute atomic E-state index is 0.0173. The quantitative estimate of drug-likeness (QED) is 0.632. The van der Waals surface area contributed by atoms with E-state index in [1.165, 1.54) is 30.3 Å². The van der Waals surface area contributed by atoms with Crippen molar-refractivity contribution in [3.63, 3.8) is 0 Å². The van der Waals surface area contributed by atoms with E-state index in [4.69, 9.17) is 11.6 Å². The van der Waals surface area contributed by atoms with Gasteiger partial charge in [0.05, 0.1) is 4.92 Å². The first-order chi connectivity index (χ1) is 9.47. The van der Waals surface area contributed by atoms with Gasteiger partial charge in [0.1, 0.15) is 5.82 Å². The van der Waals surface area contributed by atoms with Crippen molar-refractivity contribution in [1.29, 1.82) is 0 Å². The second-order valence-corrected chi connectivity index (χ2v) is 5.30. The van der Waals surface area contributed by atoms with Crippen LogP contribution in [0.15, 0.2) is 40.9 Å². The number of benzene rings is 2. The first-order valence-electron chi connectivity index (χ1n) is 5.59. The van der Waals surface area contributed by atoms with Gasteiger partial charge in [0.15, 0.2) is 0 Å². The van der Waals surface area contributed by atoms with Crippen molar-refractivity contribution in [2.75, 3.05) is 5.32 Å². The molecule has 20 heavy (non-hydrogen) atoms. The van der Waals surface area contributed by atoms with E-state index in [0.29, 0.717) is 20.7 Å². The third-order valence-corrected chi connectivity index (χ3v) is 3.53. The molecular formula is C13H9BrClFN2O2. The number of rotatable bonds is 4. The zero-order chi connectivity index (χ0) is 14.7. The number of nitro groups is 1. The fourth-order valence-electron chi connectivity index (χ4n) is 1.63. The largest absolute Gasteiger partial charge is 0.380 e. The summed E-state index contributed by atoms with van der Waals surface area (Å²) in [6, 6.07) is 8.62. The molecule has 7 heteroatoms. The third kappa shape index (κ3) is 3.46. The molecule has 0 unspecified atom stereocenters. The summed E-state index contributed by atoms with van der Waals surface area (Å²) in [5.41, 5.74) is 1.04. The predicted octanol–water partition coefficient (Wildman–Crippen LogP) is 4.76. The van der Waals surface area contributed by atoms with Gasteiger partial charge in [-0.1, -0.05) is 11.6 Å². The molecule has 0 bridgehead atoms. The SMILES string of the molecule is O=[N+]([O-])c1ccc(NCc2cc(Cl)ccc2F)c(Br)c1. The van der Waals surface area contributed by atoms with Crippen LogP contribution in [-0.2, 0) is 6.54 Å². The summed E-state index contributed by atoms with van der Waals surface area (Å²) in [4.78, 5) is 10.1. The Bertz CT molecular complexity index is 667. The molecular weight excluding hydrogens is 351 g/mol. The van der Waals surface area contributed by atoms with Crippen LogP contribution in [0.4, 0.5) is 15.8 Å². The first kappa shape index (κ1) is 14.7. The van der Waals surface area contributed by atoms with Gasteiger partial charge in [-0.2, -0.15) is 0 Å². The molecule has 0 aliphatic carbocycles. The standard InChI is InChI=1S/C13H9BrClFN2O2/c14-11-6-10(18(19)20)2-4-13(11)17-7-8-5-9(15)1-3-12(8)16/h1-6,17H,7H2. The van der Waals surface area contributed by atoms with E-state index in [-0.39, 0.29) is 18.0 Å². The van der Waals surface area contributed by atoms with E-state index in [0.717, 1.165) is 0 Å². The van der Waals surface area contributed by atoms with Crippen molar-refractivity contribution in [2.45, 2.75) is 6.54 Å². The number of nitrogens with one attached hydrogen (secondary N) is 1. The van der Waals surface area contributed by atoms with Crippen LogP contribution in [0.3, 0.4) is 0 Å². The van der Waals surface area contributed by atoms with Crippen LogP contribution in [0.1, 0.15) is 5.56 Å². The van der Waals surface area contributed by atoms with Crippen LogP contribution in [-0.4, -0.2) is 4.92 Å². The van der Waals surface area contributed by atoms with E-state index < -0.39 is 4.92 Å². The smallest absolute Gasteiger partial charge is 0.270 e. The summed E-state index contributed by atoms with van der Waals surface area (Å²) in [7, 11) is 0. The minimum atomic E-state index is -0.481. The summed E-state index contributed by atoms with van der Waals surface area (Å²) >= 11 is 9.04. The lowest BCUT2D eigenvalue weighted by Crippen LogP contribution is -2.02. The molecule has 0 amide bonds. The molecule has 4 nitrogen and oxygen atoms in total. The maximum absolute atomic E-state index is 13.5. The van der Waals surface area contributed by atoms with Crippen molar-refractivity contribution < 1.29 is 9.31 Å². The zero-order valence-corrected chi connectivity index (χ0v) is 12.4. The number of anilines is 1. The van der Waals surface area contributed by atoms with Crippen LogP contribution >= 0.6 is 27.5 Å². The van der Waals surface area contributed by atoms with Gasteiger partial charge in [0, 0.05) is 39.4 Å². The lowest BCUT2D eigenvalue weighted by Gasteiger charge is -2.09. The van der Waals surface area contributed by atoms with Gasteiger partial charge in [-0.05, 0) is 40.2 Å². The molecule has 0 fully saturated rings. The number of nitrogens with zero attached hydrogens (tertiary/aromatic N) is 1. The molecule has 0 radical (unpaired) electrons. The average Bonchev–Trinajstić information content (AvgIpc) is 2.40. The Hall–Kier alpha value is -1.66. The van der Waals surface area contributed by atoms with Gasteiger partial charge in [-0.25, -0.2) is 4.39 Å². The van der Waals surface area contributed by atoms with Gasteiger partial charge in [0.25, 0.3) is 5.69 Å². The Morgan fingerprint density at radius 2 is 2.05 bits per heavy atom. The van der Waals surface area contributed by atoms with Gasteiger partial charge in [0.2, 0.25) is 0 Å². The maximum Gasteiger partial charge on any atom is 0.270 e. The summed E-state index contributed by atoms with van der Waals surface area (Å²) in [5, 5.41) is 14.1. The molecule has 2 aromatic rings. The molecule has 2 aromatic carbocycles. The van der Waals surface area contributed by atoms with E-state index >= 15 is 0 Å². The van der Waals surface area contributed by atoms with E-state index in [1.807, 2.05) is 0 Å². The fourth-order valence-corrected chi connectivity index (χ4v) is 2.33. The van der Waals surface area contributed by atoms with Crippen LogP contribution < -0.4 is 5.32 Å². The fraction of sp³-hybridized carbons (Fsp3) is 0.0769. The highest BCUT2D eigenvalue weighted by Crippen LogP contribution is 2.27. The molecule has 2 rings (SSSR count). The number of hydrogen-bond acceptors (Lipinski definition) is 3. The Balaban J connectivity index is 2.15. The molecule has 0 saturated carbocycles. The van der Waals surface area contributed by atoms with Gasteiger partial charge >= 0.3 is 0 Å². The topological polar surface area (TPSA) is 55.2 Å². The summed E-state index contributed by atoms with van der Waals surface area (Å²) in [5.74, 6) is -0.361. The van der Waals surface area contributed by atoms with Crippen molar-refractivity contribution in [1.82, 2.24) is 0 Å². The summed E-state index contributed by atoms with van der Waals surface area (Å²) in [6.07, 6.45) is 0. The number of hydrogen-bond donors (Lipinski definition) is 1. The third-order valence-electron chi connectivity index (χ3n) is 2.64. The Morgan fingerprint density at radius 1 is 1.30 bits per heavy atom. The van der Waals surface area contributed by atoms with Crippen LogP contribution in [0.5, 0.6) is 0 Å². The minimum Gasteiger partial charge on any atom is -0.380 e. The molecule has 1 N–H and O–H groups in total. The normalized spacial score (nSPS) is 10.3. The van der Waals surface area contributed by atoms with Gasteiger partial charge < -0.3 is 5.32 Å².